The van der Waals surface area contributed by atoms with E-state index in [1.54, 1.807) is 6.21 Å². The van der Waals surface area contributed by atoms with Crippen molar-refractivity contribution in [1.82, 2.24) is 5.01 Å². The van der Waals surface area contributed by atoms with Crippen molar-refractivity contribution in [3.05, 3.63) is 47.2 Å². The van der Waals surface area contributed by atoms with E-state index in [0.717, 1.165) is 35.2 Å². The fourth-order valence-electron chi connectivity index (χ4n) is 2.32. The lowest BCUT2D eigenvalue weighted by Crippen LogP contribution is -2.24. The first-order valence-corrected chi connectivity index (χ1v) is 7.34. The van der Waals surface area contributed by atoms with Crippen molar-refractivity contribution in [2.75, 3.05) is 13.1 Å². The second-order valence-electron chi connectivity index (χ2n) is 4.97. The molecule has 0 spiro atoms. The van der Waals surface area contributed by atoms with Crippen LogP contribution in [-0.2, 0) is 0 Å². The molecule has 2 heterocycles. The molecule has 1 aliphatic heterocycles. The summed E-state index contributed by atoms with van der Waals surface area (Å²) in [5, 5.41) is 7.30. The fourth-order valence-corrected chi connectivity index (χ4v) is 2.45. The molecule has 1 saturated heterocycles. The maximum Gasteiger partial charge on any atom is 0.147 e. The second kappa shape index (κ2) is 6.14. The lowest BCUT2D eigenvalue weighted by Gasteiger charge is -2.22. The number of hydrogen-bond acceptors (Lipinski definition) is 3. The molecule has 3 nitrogen and oxygen atoms in total. The third kappa shape index (κ3) is 3.23. The third-order valence-electron chi connectivity index (χ3n) is 3.44. The summed E-state index contributed by atoms with van der Waals surface area (Å²) < 4.78 is 5.78. The van der Waals surface area contributed by atoms with Crippen molar-refractivity contribution in [1.29, 1.82) is 0 Å². The summed E-state index contributed by atoms with van der Waals surface area (Å²) in [4.78, 5) is 0. The Morgan fingerprint density at radius 2 is 1.75 bits per heavy atom. The van der Waals surface area contributed by atoms with Crippen molar-refractivity contribution < 1.29 is 4.42 Å². The van der Waals surface area contributed by atoms with Crippen LogP contribution in [0.25, 0.3) is 11.3 Å². The minimum Gasteiger partial charge on any atom is -0.455 e. The van der Waals surface area contributed by atoms with Crippen molar-refractivity contribution in [2.45, 2.75) is 19.3 Å². The summed E-state index contributed by atoms with van der Waals surface area (Å²) in [6.45, 7) is 2.09. The largest absolute Gasteiger partial charge is 0.455 e. The van der Waals surface area contributed by atoms with Gasteiger partial charge in [0.1, 0.15) is 11.5 Å². The number of rotatable bonds is 3. The zero-order chi connectivity index (χ0) is 13.8. The molecule has 20 heavy (non-hydrogen) atoms. The number of benzene rings is 1. The second-order valence-corrected chi connectivity index (χ2v) is 5.40. The number of hydrogen-bond donors (Lipinski definition) is 0. The van der Waals surface area contributed by atoms with E-state index in [-0.39, 0.29) is 0 Å². The predicted molar refractivity (Wildman–Crippen MR) is 82.2 cm³/mol. The minimum absolute atomic E-state index is 0.729. The van der Waals surface area contributed by atoms with E-state index < -0.39 is 0 Å². The Morgan fingerprint density at radius 1 is 1.00 bits per heavy atom. The zero-order valence-electron chi connectivity index (χ0n) is 11.3. The molecule has 0 N–H and O–H groups in total. The Balaban J connectivity index is 1.70. The van der Waals surface area contributed by atoms with Crippen LogP contribution in [0.15, 0.2) is 45.9 Å². The highest BCUT2D eigenvalue weighted by Gasteiger charge is 2.07. The van der Waals surface area contributed by atoms with Gasteiger partial charge >= 0.3 is 0 Å². The first-order valence-electron chi connectivity index (χ1n) is 6.96. The normalized spacial score (nSPS) is 15.9. The summed E-state index contributed by atoms with van der Waals surface area (Å²) >= 11 is 5.88. The van der Waals surface area contributed by atoms with Gasteiger partial charge in [-0.05, 0) is 55.7 Å². The van der Waals surface area contributed by atoms with Crippen molar-refractivity contribution in [3.63, 3.8) is 0 Å². The Hall–Kier alpha value is -1.74. The quantitative estimate of drug-likeness (QED) is 0.782. The molecule has 0 unspecified atom stereocenters. The standard InChI is InChI=1S/C16H17ClN2O/c17-14-6-4-13(5-7-14)16-9-8-15(20-16)12-18-19-10-2-1-3-11-19/h4-9,12H,1-3,10-11H2/b18-12+. The van der Waals surface area contributed by atoms with Gasteiger partial charge in [0, 0.05) is 23.7 Å². The molecular weight excluding hydrogens is 272 g/mol. The lowest BCUT2D eigenvalue weighted by molar-refractivity contribution is 0.240. The summed E-state index contributed by atoms with van der Waals surface area (Å²) in [6, 6.07) is 11.5. The van der Waals surface area contributed by atoms with Gasteiger partial charge < -0.3 is 4.42 Å². The average molecular weight is 289 g/mol. The molecule has 0 radical (unpaired) electrons. The van der Waals surface area contributed by atoms with E-state index >= 15 is 0 Å². The Bertz CT molecular complexity index is 583. The highest BCUT2D eigenvalue weighted by atomic mass is 35.5. The molecule has 0 saturated carbocycles. The summed E-state index contributed by atoms with van der Waals surface area (Å²) in [5.41, 5.74) is 1.02. The molecular formula is C16H17ClN2O. The lowest BCUT2D eigenvalue weighted by atomic mass is 10.2. The van der Waals surface area contributed by atoms with Crippen molar-refractivity contribution in [3.8, 4) is 11.3 Å². The molecule has 0 amide bonds. The number of hydrazone groups is 1. The van der Waals surface area contributed by atoms with Gasteiger partial charge in [0.05, 0.1) is 6.21 Å². The molecule has 0 aliphatic carbocycles. The highest BCUT2D eigenvalue weighted by molar-refractivity contribution is 6.30. The van der Waals surface area contributed by atoms with Gasteiger partial charge in [-0.1, -0.05) is 11.6 Å². The Labute approximate surface area is 123 Å². The Kier molecular flexibility index (Phi) is 4.07. The summed E-state index contributed by atoms with van der Waals surface area (Å²) in [5.74, 6) is 1.61. The Morgan fingerprint density at radius 3 is 2.50 bits per heavy atom. The molecule has 1 aliphatic rings. The topological polar surface area (TPSA) is 28.7 Å². The average Bonchev–Trinajstić information content (AvgIpc) is 2.96. The first kappa shape index (κ1) is 13.3. The van der Waals surface area contributed by atoms with Gasteiger partial charge in [0.15, 0.2) is 0 Å². The van der Waals surface area contributed by atoms with Crippen LogP contribution >= 0.6 is 11.6 Å². The monoisotopic (exact) mass is 288 g/mol. The summed E-state index contributed by atoms with van der Waals surface area (Å²) in [7, 11) is 0. The van der Waals surface area contributed by atoms with E-state index in [0.29, 0.717) is 0 Å². The van der Waals surface area contributed by atoms with Crippen molar-refractivity contribution in [2.24, 2.45) is 5.10 Å². The van der Waals surface area contributed by atoms with Crippen LogP contribution < -0.4 is 0 Å². The van der Waals surface area contributed by atoms with E-state index in [1.807, 2.05) is 36.4 Å². The van der Waals surface area contributed by atoms with Crippen LogP contribution in [0.5, 0.6) is 0 Å². The smallest absolute Gasteiger partial charge is 0.147 e. The predicted octanol–water partition coefficient (Wildman–Crippen LogP) is 4.42. The number of furan rings is 1. The maximum atomic E-state index is 5.88. The number of piperidine rings is 1. The van der Waals surface area contributed by atoms with Gasteiger partial charge in [-0.3, -0.25) is 5.01 Å². The van der Waals surface area contributed by atoms with Gasteiger partial charge in [-0.25, -0.2) is 0 Å². The van der Waals surface area contributed by atoms with Crippen LogP contribution in [0.4, 0.5) is 0 Å². The molecule has 0 atom stereocenters. The van der Waals surface area contributed by atoms with Gasteiger partial charge in [0.2, 0.25) is 0 Å². The van der Waals surface area contributed by atoms with E-state index in [4.69, 9.17) is 16.0 Å². The van der Waals surface area contributed by atoms with Gasteiger partial charge in [-0.2, -0.15) is 5.10 Å². The molecule has 4 heteroatoms. The molecule has 2 aromatic rings. The third-order valence-corrected chi connectivity index (χ3v) is 3.69. The van der Waals surface area contributed by atoms with Gasteiger partial charge in [0.25, 0.3) is 0 Å². The van der Waals surface area contributed by atoms with Crippen LogP contribution in [0.2, 0.25) is 5.02 Å². The van der Waals surface area contributed by atoms with Crippen LogP contribution in [0, 0.1) is 0 Å². The minimum atomic E-state index is 0.729. The molecule has 104 valence electrons. The molecule has 1 aromatic carbocycles. The van der Waals surface area contributed by atoms with Crippen molar-refractivity contribution >= 4 is 17.8 Å². The van der Waals surface area contributed by atoms with E-state index in [9.17, 15) is 0 Å². The van der Waals surface area contributed by atoms with Crippen LogP contribution in [-0.4, -0.2) is 24.3 Å². The van der Waals surface area contributed by atoms with E-state index in [1.165, 1.54) is 19.3 Å². The zero-order valence-corrected chi connectivity index (χ0v) is 12.0. The molecule has 1 aromatic heterocycles. The van der Waals surface area contributed by atoms with Gasteiger partial charge in [-0.15, -0.1) is 0 Å². The fraction of sp³-hybridized carbons (Fsp3) is 0.312. The SMILES string of the molecule is Clc1ccc(-c2ccc(/C=N/N3CCCCC3)o2)cc1. The van der Waals surface area contributed by atoms with Crippen LogP contribution in [0.1, 0.15) is 25.0 Å². The molecule has 0 bridgehead atoms. The maximum absolute atomic E-state index is 5.88. The van der Waals surface area contributed by atoms with E-state index in [2.05, 4.69) is 10.1 Å². The molecule has 1 fully saturated rings. The molecule has 3 rings (SSSR count). The van der Waals surface area contributed by atoms with Crippen LogP contribution in [0.3, 0.4) is 0 Å². The number of halogens is 1. The highest BCUT2D eigenvalue weighted by Crippen LogP contribution is 2.23. The number of nitrogens with zero attached hydrogens (tertiary/aromatic N) is 2. The first-order chi connectivity index (χ1) is 9.81. The summed E-state index contributed by atoms with van der Waals surface area (Å²) in [6.07, 6.45) is 5.56.